The van der Waals surface area contributed by atoms with Crippen LogP contribution >= 0.6 is 0 Å². The van der Waals surface area contributed by atoms with E-state index in [-0.39, 0.29) is 69.7 Å². The largest absolute Gasteiger partial charge is 0.481 e. The van der Waals surface area contributed by atoms with Crippen molar-refractivity contribution in [1.29, 1.82) is 0 Å². The molecule has 0 fully saturated rings. The van der Waals surface area contributed by atoms with E-state index in [4.69, 9.17) is 9.90 Å². The van der Waals surface area contributed by atoms with Crippen LogP contribution in [0.25, 0.3) is 0 Å². The third-order valence-electron chi connectivity index (χ3n) is 0. The Bertz CT molecular complexity index is 35.1. The van der Waals surface area contributed by atoms with E-state index < -0.39 is 5.97 Å². The van der Waals surface area contributed by atoms with Crippen molar-refractivity contribution in [2.24, 2.45) is 0 Å². The summed E-state index contributed by atoms with van der Waals surface area (Å²) in [4.78, 5) is 9.00. The average Bonchev–Trinajstić information content (AvgIpc) is 0.811. The van der Waals surface area contributed by atoms with E-state index >= 15 is 0 Å². The van der Waals surface area contributed by atoms with Crippen molar-refractivity contribution in [3.05, 3.63) is 0 Å². The third kappa shape index (κ3) is 3490. The van der Waals surface area contributed by atoms with Gasteiger partial charge in [-0.05, 0) is 0 Å². The summed E-state index contributed by atoms with van der Waals surface area (Å²) in [5, 5.41) is 7.42. The first-order valence-electron chi connectivity index (χ1n) is 0.928. The fourth-order valence-corrected chi connectivity index (χ4v) is 0. The molecule has 0 bridgehead atoms. The summed E-state index contributed by atoms with van der Waals surface area (Å²) in [5.41, 5.74) is 0. The first-order valence-corrected chi connectivity index (χ1v) is 0.928. The van der Waals surface area contributed by atoms with Gasteiger partial charge in [0.1, 0.15) is 0 Å². The zero-order valence-electron chi connectivity index (χ0n) is 5.63. The summed E-state index contributed by atoms with van der Waals surface area (Å²) in [6.07, 6.45) is 0. The van der Waals surface area contributed by atoms with Gasteiger partial charge in [-0.2, -0.15) is 0 Å². The van der Waals surface area contributed by atoms with Crippen LogP contribution in [0, 0.1) is 36.9 Å². The number of rotatable bonds is 0. The minimum absolute atomic E-state index is 0. The van der Waals surface area contributed by atoms with E-state index in [0.717, 1.165) is 6.92 Å². The van der Waals surface area contributed by atoms with Crippen molar-refractivity contribution in [3.8, 4) is 0 Å². The molecule has 0 spiro atoms. The molecular formula is C2H16O8Tm. The molecule has 13 N–H and O–H groups in total. The Labute approximate surface area is 92.2 Å². The second-order valence-electron chi connectivity index (χ2n) is 0.519. The maximum atomic E-state index is 9.00. The standard InChI is InChI=1S/C2H4O2.6H2O.Tm/c1-2(3)4;;;;;;;/h1H3,(H,3,4);6*1H2;. The van der Waals surface area contributed by atoms with E-state index in [9.17, 15) is 0 Å². The van der Waals surface area contributed by atoms with Crippen LogP contribution in [0.4, 0.5) is 0 Å². The monoisotopic (exact) mass is 337 g/mol. The van der Waals surface area contributed by atoms with Gasteiger partial charge in [-0.1, -0.05) is 0 Å². The molecular weight excluding hydrogens is 321 g/mol. The van der Waals surface area contributed by atoms with E-state index in [1.54, 1.807) is 0 Å². The Morgan fingerprint density at radius 1 is 0.909 bits per heavy atom. The van der Waals surface area contributed by atoms with Crippen LogP contribution in [0.2, 0.25) is 0 Å². The third-order valence-corrected chi connectivity index (χ3v) is 0. The van der Waals surface area contributed by atoms with Gasteiger partial charge < -0.3 is 38.0 Å². The predicted octanol–water partition coefficient (Wildman–Crippen LogP) is -4.86. The number of aliphatic carboxylic acids is 1. The maximum Gasteiger partial charge on any atom is 0.300 e. The average molecular weight is 337 g/mol. The summed E-state index contributed by atoms with van der Waals surface area (Å²) < 4.78 is 0. The summed E-state index contributed by atoms with van der Waals surface area (Å²) >= 11 is 0. The van der Waals surface area contributed by atoms with Crippen LogP contribution in [0.15, 0.2) is 0 Å². The van der Waals surface area contributed by atoms with Gasteiger partial charge >= 0.3 is 0 Å². The van der Waals surface area contributed by atoms with Crippen LogP contribution in [-0.2, 0) is 4.79 Å². The normalized spacial score (nSPS) is 2.27. The second-order valence-corrected chi connectivity index (χ2v) is 0.519. The van der Waals surface area contributed by atoms with E-state index in [1.807, 2.05) is 0 Å². The molecule has 0 heterocycles. The first-order chi connectivity index (χ1) is 1.73. The molecule has 0 atom stereocenters. The van der Waals surface area contributed by atoms with Gasteiger partial charge in [-0.3, -0.25) is 4.79 Å². The van der Waals surface area contributed by atoms with Crippen LogP contribution in [0.3, 0.4) is 0 Å². The molecule has 0 aromatic heterocycles. The summed E-state index contributed by atoms with van der Waals surface area (Å²) in [5.74, 6) is -0.833. The number of carboxylic acid groups (broad SMARTS) is 1. The fraction of sp³-hybridized carbons (Fsp3) is 0.500. The molecule has 0 aromatic rings. The molecule has 0 aromatic carbocycles. The Kier molecular flexibility index (Phi) is 743. The predicted molar refractivity (Wildman–Crippen MR) is 35.0 cm³/mol. The van der Waals surface area contributed by atoms with Crippen molar-refractivity contribution < 1.29 is 79.6 Å². The summed E-state index contributed by atoms with van der Waals surface area (Å²) in [7, 11) is 0. The molecule has 8 nitrogen and oxygen atoms in total. The SMILES string of the molecule is CC(=O)O.O.O.O.O.O.O.[Tm]. The second kappa shape index (κ2) is 78.1. The Hall–Kier alpha value is 0.464. The van der Waals surface area contributed by atoms with Crippen molar-refractivity contribution in [3.63, 3.8) is 0 Å². The van der Waals surface area contributed by atoms with Crippen molar-refractivity contribution in [1.82, 2.24) is 0 Å². The number of hydrogen-bond acceptors (Lipinski definition) is 1. The van der Waals surface area contributed by atoms with Gasteiger partial charge in [-0.15, -0.1) is 0 Å². The van der Waals surface area contributed by atoms with E-state index in [1.165, 1.54) is 0 Å². The Morgan fingerprint density at radius 2 is 0.909 bits per heavy atom. The minimum atomic E-state index is -0.833. The molecule has 0 unspecified atom stereocenters. The molecule has 0 amide bonds. The molecule has 0 aliphatic carbocycles. The maximum absolute atomic E-state index is 9.00. The molecule has 85 valence electrons. The van der Waals surface area contributed by atoms with Crippen molar-refractivity contribution in [2.75, 3.05) is 0 Å². The molecule has 1 radical (unpaired) electrons. The fourth-order valence-electron chi connectivity index (χ4n) is 0. The topological polar surface area (TPSA) is 226 Å². The van der Waals surface area contributed by atoms with Crippen molar-refractivity contribution >= 4 is 5.97 Å². The zero-order chi connectivity index (χ0) is 3.58. The molecule has 11 heavy (non-hydrogen) atoms. The molecule has 0 aliphatic heterocycles. The Morgan fingerprint density at radius 3 is 0.909 bits per heavy atom. The number of carbonyl (C=O) groups is 1. The summed E-state index contributed by atoms with van der Waals surface area (Å²) in [6, 6.07) is 0. The van der Waals surface area contributed by atoms with Crippen LogP contribution < -0.4 is 0 Å². The number of carboxylic acids is 1. The van der Waals surface area contributed by atoms with Gasteiger partial charge in [-0.25, -0.2) is 0 Å². The van der Waals surface area contributed by atoms with E-state index in [2.05, 4.69) is 0 Å². The van der Waals surface area contributed by atoms with Gasteiger partial charge in [0.15, 0.2) is 0 Å². The van der Waals surface area contributed by atoms with Crippen LogP contribution in [0.5, 0.6) is 0 Å². The summed E-state index contributed by atoms with van der Waals surface area (Å²) in [6.45, 7) is 1.08. The molecule has 9 heteroatoms. The van der Waals surface area contributed by atoms with Gasteiger partial charge in [0.25, 0.3) is 5.97 Å². The zero-order valence-corrected chi connectivity index (χ0v) is 7.41. The Balaban J connectivity index is -0.00000000214. The van der Waals surface area contributed by atoms with Gasteiger partial charge in [0.05, 0.1) is 0 Å². The van der Waals surface area contributed by atoms with Gasteiger partial charge in [0.2, 0.25) is 0 Å². The van der Waals surface area contributed by atoms with Gasteiger partial charge in [0, 0.05) is 43.8 Å². The minimum Gasteiger partial charge on any atom is -0.481 e. The molecule has 0 aliphatic rings. The van der Waals surface area contributed by atoms with Crippen molar-refractivity contribution in [2.45, 2.75) is 6.92 Å². The molecule has 0 saturated heterocycles. The smallest absolute Gasteiger partial charge is 0.300 e. The quantitative estimate of drug-likeness (QED) is 0.458. The first kappa shape index (κ1) is 105. The van der Waals surface area contributed by atoms with Crippen LogP contribution in [-0.4, -0.2) is 43.9 Å². The molecule has 0 saturated carbocycles. The van der Waals surface area contributed by atoms with E-state index in [0.29, 0.717) is 0 Å². The molecule has 0 rings (SSSR count). The van der Waals surface area contributed by atoms with Crippen LogP contribution in [0.1, 0.15) is 6.92 Å². The number of hydrogen-bond donors (Lipinski definition) is 1.